The van der Waals surface area contributed by atoms with Crippen LogP contribution in [0.15, 0.2) is 24.3 Å². The molecule has 116 valence electrons. The average molecular weight is 288 g/mol. The quantitative estimate of drug-likeness (QED) is 0.906. The van der Waals surface area contributed by atoms with Gasteiger partial charge in [-0.15, -0.1) is 0 Å². The Morgan fingerprint density at radius 2 is 1.90 bits per heavy atom. The van der Waals surface area contributed by atoms with E-state index in [0.29, 0.717) is 18.0 Å². The Bertz CT molecular complexity index is 486. The van der Waals surface area contributed by atoms with E-state index in [1.54, 1.807) is 11.8 Å². The molecular formula is C18H28N2O. The fourth-order valence-corrected chi connectivity index (χ4v) is 2.93. The van der Waals surface area contributed by atoms with E-state index in [1.807, 2.05) is 13.1 Å². The van der Waals surface area contributed by atoms with Crippen LogP contribution in [0.3, 0.4) is 0 Å². The summed E-state index contributed by atoms with van der Waals surface area (Å²) < 4.78 is 0. The normalized spacial score (nSPS) is 18.3. The molecule has 0 unspecified atom stereocenters. The first-order valence-electron chi connectivity index (χ1n) is 7.93. The van der Waals surface area contributed by atoms with Crippen molar-refractivity contribution in [2.75, 3.05) is 12.4 Å². The summed E-state index contributed by atoms with van der Waals surface area (Å²) in [6, 6.07) is 8.89. The number of rotatable bonds is 4. The number of para-hydroxylation sites is 1. The second kappa shape index (κ2) is 6.50. The van der Waals surface area contributed by atoms with Gasteiger partial charge < -0.3 is 10.2 Å². The highest BCUT2D eigenvalue weighted by atomic mass is 16.2. The molecule has 3 nitrogen and oxygen atoms in total. The van der Waals surface area contributed by atoms with Crippen LogP contribution in [0.1, 0.15) is 52.0 Å². The number of hydrogen-bond acceptors (Lipinski definition) is 2. The van der Waals surface area contributed by atoms with Crippen molar-refractivity contribution in [3.63, 3.8) is 0 Å². The number of anilines is 1. The SMILES string of the molecule is CC(=O)N(C)Cc1ccccc1NC1CCC(C)(C)CC1. The van der Waals surface area contributed by atoms with Gasteiger partial charge in [-0.05, 0) is 42.7 Å². The third-order valence-corrected chi connectivity index (χ3v) is 4.66. The van der Waals surface area contributed by atoms with Crippen LogP contribution in [-0.4, -0.2) is 23.9 Å². The highest BCUT2D eigenvalue weighted by molar-refractivity contribution is 5.73. The van der Waals surface area contributed by atoms with E-state index >= 15 is 0 Å². The smallest absolute Gasteiger partial charge is 0.219 e. The second-order valence-electron chi connectivity index (χ2n) is 7.12. The van der Waals surface area contributed by atoms with Crippen molar-refractivity contribution in [3.8, 4) is 0 Å². The van der Waals surface area contributed by atoms with Gasteiger partial charge in [-0.25, -0.2) is 0 Å². The minimum Gasteiger partial charge on any atom is -0.382 e. The van der Waals surface area contributed by atoms with Gasteiger partial charge >= 0.3 is 0 Å². The maximum absolute atomic E-state index is 11.4. The first kappa shape index (κ1) is 15.9. The van der Waals surface area contributed by atoms with Crippen LogP contribution in [0.2, 0.25) is 0 Å². The van der Waals surface area contributed by atoms with E-state index in [-0.39, 0.29) is 5.91 Å². The molecular weight excluding hydrogens is 260 g/mol. The lowest BCUT2D eigenvalue weighted by molar-refractivity contribution is -0.128. The van der Waals surface area contributed by atoms with Crippen molar-refractivity contribution in [1.29, 1.82) is 0 Å². The fourth-order valence-electron chi connectivity index (χ4n) is 2.93. The summed E-state index contributed by atoms with van der Waals surface area (Å²) in [4.78, 5) is 13.2. The number of carbonyl (C=O) groups excluding carboxylic acids is 1. The molecule has 1 saturated carbocycles. The molecule has 1 aliphatic carbocycles. The number of carbonyl (C=O) groups is 1. The predicted molar refractivity (Wildman–Crippen MR) is 88.2 cm³/mol. The van der Waals surface area contributed by atoms with E-state index in [4.69, 9.17) is 0 Å². The van der Waals surface area contributed by atoms with E-state index in [0.717, 1.165) is 0 Å². The van der Waals surface area contributed by atoms with Crippen LogP contribution >= 0.6 is 0 Å². The molecule has 0 aliphatic heterocycles. The van der Waals surface area contributed by atoms with Gasteiger partial charge in [0.1, 0.15) is 0 Å². The van der Waals surface area contributed by atoms with Crippen LogP contribution < -0.4 is 5.32 Å². The molecule has 3 heteroatoms. The van der Waals surface area contributed by atoms with Gasteiger partial charge in [0, 0.05) is 32.2 Å². The first-order chi connectivity index (χ1) is 9.87. The van der Waals surface area contributed by atoms with Crippen molar-refractivity contribution in [2.45, 2.75) is 59.0 Å². The third kappa shape index (κ3) is 4.48. The average Bonchev–Trinajstić information content (AvgIpc) is 2.43. The molecule has 0 heterocycles. The van der Waals surface area contributed by atoms with Gasteiger partial charge in [-0.2, -0.15) is 0 Å². The minimum atomic E-state index is 0.101. The maximum Gasteiger partial charge on any atom is 0.219 e. The fraction of sp³-hybridized carbons (Fsp3) is 0.611. The number of nitrogens with one attached hydrogen (secondary N) is 1. The Balaban J connectivity index is 2.02. The Kier molecular flexibility index (Phi) is 4.92. The summed E-state index contributed by atoms with van der Waals surface area (Å²) >= 11 is 0. The van der Waals surface area contributed by atoms with Crippen LogP contribution in [0.5, 0.6) is 0 Å². The van der Waals surface area contributed by atoms with Crippen LogP contribution in [0, 0.1) is 5.41 Å². The molecule has 1 aliphatic rings. The molecule has 21 heavy (non-hydrogen) atoms. The Morgan fingerprint density at radius 1 is 1.29 bits per heavy atom. The van der Waals surface area contributed by atoms with Crippen LogP contribution in [0.4, 0.5) is 5.69 Å². The Labute approximate surface area is 128 Å². The number of benzene rings is 1. The Hall–Kier alpha value is -1.51. The third-order valence-electron chi connectivity index (χ3n) is 4.66. The van der Waals surface area contributed by atoms with E-state index < -0.39 is 0 Å². The molecule has 0 saturated heterocycles. The van der Waals surface area contributed by atoms with Gasteiger partial charge in [0.25, 0.3) is 0 Å². The molecule has 0 aromatic heterocycles. The van der Waals surface area contributed by atoms with E-state index in [2.05, 4.69) is 37.4 Å². The van der Waals surface area contributed by atoms with Gasteiger partial charge in [-0.3, -0.25) is 4.79 Å². The standard InChI is InChI=1S/C18H28N2O/c1-14(21)20(4)13-15-7-5-6-8-17(15)19-16-9-11-18(2,3)12-10-16/h5-8,16,19H,9-13H2,1-4H3. The zero-order valence-electron chi connectivity index (χ0n) is 13.8. The van der Waals surface area contributed by atoms with E-state index in [9.17, 15) is 4.79 Å². The number of amides is 1. The summed E-state index contributed by atoms with van der Waals surface area (Å²) in [5, 5.41) is 3.69. The van der Waals surface area contributed by atoms with Crippen molar-refractivity contribution in [3.05, 3.63) is 29.8 Å². The summed E-state index contributed by atoms with van der Waals surface area (Å²) in [5.41, 5.74) is 2.86. The lowest BCUT2D eigenvalue weighted by atomic mass is 9.75. The van der Waals surface area contributed by atoms with Crippen LogP contribution in [0.25, 0.3) is 0 Å². The topological polar surface area (TPSA) is 32.3 Å². The summed E-state index contributed by atoms with van der Waals surface area (Å²) in [6.45, 7) is 6.99. The molecule has 0 spiro atoms. The summed E-state index contributed by atoms with van der Waals surface area (Å²) in [5.74, 6) is 0.101. The zero-order chi connectivity index (χ0) is 15.5. The van der Waals surface area contributed by atoms with Crippen molar-refractivity contribution in [2.24, 2.45) is 5.41 Å². The second-order valence-corrected chi connectivity index (χ2v) is 7.12. The zero-order valence-corrected chi connectivity index (χ0v) is 13.8. The number of hydrogen-bond donors (Lipinski definition) is 1. The molecule has 1 aromatic rings. The van der Waals surface area contributed by atoms with Crippen molar-refractivity contribution >= 4 is 11.6 Å². The highest BCUT2D eigenvalue weighted by Crippen LogP contribution is 2.36. The molecule has 1 amide bonds. The Morgan fingerprint density at radius 3 is 2.52 bits per heavy atom. The van der Waals surface area contributed by atoms with Crippen molar-refractivity contribution in [1.82, 2.24) is 4.90 Å². The highest BCUT2D eigenvalue weighted by Gasteiger charge is 2.26. The summed E-state index contributed by atoms with van der Waals surface area (Å²) in [7, 11) is 1.85. The van der Waals surface area contributed by atoms with Gasteiger partial charge in [-0.1, -0.05) is 32.0 Å². The molecule has 1 fully saturated rings. The van der Waals surface area contributed by atoms with Crippen LogP contribution in [-0.2, 0) is 11.3 Å². The molecule has 0 radical (unpaired) electrons. The molecule has 0 atom stereocenters. The predicted octanol–water partition coefficient (Wildman–Crippen LogP) is 4.05. The minimum absolute atomic E-state index is 0.101. The lowest BCUT2D eigenvalue weighted by Gasteiger charge is -2.35. The summed E-state index contributed by atoms with van der Waals surface area (Å²) in [6.07, 6.45) is 5.01. The molecule has 1 aromatic carbocycles. The van der Waals surface area contributed by atoms with E-state index in [1.165, 1.54) is 36.9 Å². The van der Waals surface area contributed by atoms with Crippen molar-refractivity contribution < 1.29 is 4.79 Å². The molecule has 1 N–H and O–H groups in total. The molecule has 2 rings (SSSR count). The lowest BCUT2D eigenvalue weighted by Crippen LogP contribution is -2.30. The largest absolute Gasteiger partial charge is 0.382 e. The monoisotopic (exact) mass is 288 g/mol. The van der Waals surface area contributed by atoms with Gasteiger partial charge in [0.15, 0.2) is 0 Å². The first-order valence-corrected chi connectivity index (χ1v) is 7.93. The maximum atomic E-state index is 11.4. The van der Waals surface area contributed by atoms with Gasteiger partial charge in [0.05, 0.1) is 0 Å². The molecule has 0 bridgehead atoms. The number of nitrogens with zero attached hydrogens (tertiary/aromatic N) is 1. The van der Waals surface area contributed by atoms with Gasteiger partial charge in [0.2, 0.25) is 5.91 Å².